The van der Waals surface area contributed by atoms with Gasteiger partial charge in [0.15, 0.2) is 0 Å². The smallest absolute Gasteiger partial charge is 0.146 e. The second-order valence-electron chi connectivity index (χ2n) is 3.73. The van der Waals surface area contributed by atoms with Crippen LogP contribution in [-0.2, 0) is 4.79 Å². The first-order valence-electron chi connectivity index (χ1n) is 5.14. The zero-order chi connectivity index (χ0) is 9.68. The molecule has 1 nitrogen and oxygen atoms in total. The van der Waals surface area contributed by atoms with Gasteiger partial charge in [-0.3, -0.25) is 4.79 Å². The van der Waals surface area contributed by atoms with Crippen LogP contribution in [0.4, 0.5) is 0 Å². The van der Waals surface area contributed by atoms with E-state index in [1.165, 1.54) is 12.0 Å². The molecule has 72 valence electrons. The van der Waals surface area contributed by atoms with Gasteiger partial charge in [0.25, 0.3) is 0 Å². The molecule has 0 radical (unpaired) electrons. The SMILES string of the molecule is CCCC=CC1=C(C=O)CCC1C. The van der Waals surface area contributed by atoms with Crippen molar-refractivity contribution in [2.75, 3.05) is 0 Å². The van der Waals surface area contributed by atoms with E-state index < -0.39 is 0 Å². The van der Waals surface area contributed by atoms with Crippen molar-refractivity contribution < 1.29 is 4.79 Å². The van der Waals surface area contributed by atoms with E-state index >= 15 is 0 Å². The molecule has 0 fully saturated rings. The van der Waals surface area contributed by atoms with Gasteiger partial charge in [0, 0.05) is 0 Å². The summed E-state index contributed by atoms with van der Waals surface area (Å²) in [5, 5.41) is 0. The number of hydrogen-bond donors (Lipinski definition) is 0. The summed E-state index contributed by atoms with van der Waals surface area (Å²) in [4.78, 5) is 10.7. The molecule has 1 aliphatic rings. The fourth-order valence-corrected chi connectivity index (χ4v) is 1.76. The highest BCUT2D eigenvalue weighted by atomic mass is 16.1. The van der Waals surface area contributed by atoms with Crippen LogP contribution in [0.3, 0.4) is 0 Å². The maximum atomic E-state index is 10.7. The van der Waals surface area contributed by atoms with Gasteiger partial charge in [0.05, 0.1) is 0 Å². The van der Waals surface area contributed by atoms with Gasteiger partial charge >= 0.3 is 0 Å². The number of carbonyl (C=O) groups is 1. The summed E-state index contributed by atoms with van der Waals surface area (Å²) >= 11 is 0. The molecule has 0 aromatic heterocycles. The van der Waals surface area contributed by atoms with E-state index in [1.54, 1.807) is 0 Å². The average molecular weight is 178 g/mol. The molecule has 0 heterocycles. The minimum Gasteiger partial charge on any atom is -0.298 e. The number of unbranched alkanes of at least 4 members (excludes halogenated alkanes) is 1. The van der Waals surface area contributed by atoms with E-state index in [0.717, 1.165) is 31.1 Å². The Bertz CT molecular complexity index is 236. The van der Waals surface area contributed by atoms with Crippen molar-refractivity contribution in [2.45, 2.75) is 39.5 Å². The molecule has 0 bridgehead atoms. The summed E-state index contributed by atoms with van der Waals surface area (Å²) in [6.07, 6.45) is 9.74. The van der Waals surface area contributed by atoms with E-state index in [0.29, 0.717) is 5.92 Å². The van der Waals surface area contributed by atoms with Crippen LogP contribution in [0.2, 0.25) is 0 Å². The molecule has 13 heavy (non-hydrogen) atoms. The second-order valence-corrected chi connectivity index (χ2v) is 3.73. The van der Waals surface area contributed by atoms with Crippen LogP contribution < -0.4 is 0 Å². The van der Waals surface area contributed by atoms with Crippen molar-refractivity contribution in [1.29, 1.82) is 0 Å². The maximum absolute atomic E-state index is 10.7. The Morgan fingerprint density at radius 3 is 2.92 bits per heavy atom. The predicted molar refractivity (Wildman–Crippen MR) is 55.5 cm³/mol. The van der Waals surface area contributed by atoms with Crippen molar-refractivity contribution in [3.8, 4) is 0 Å². The zero-order valence-corrected chi connectivity index (χ0v) is 8.55. The van der Waals surface area contributed by atoms with Gasteiger partial charge in [-0.25, -0.2) is 0 Å². The lowest BCUT2D eigenvalue weighted by atomic mass is 10.0. The van der Waals surface area contributed by atoms with E-state index in [-0.39, 0.29) is 0 Å². The molecule has 0 aliphatic heterocycles. The van der Waals surface area contributed by atoms with Crippen molar-refractivity contribution >= 4 is 6.29 Å². The maximum Gasteiger partial charge on any atom is 0.146 e. The minimum absolute atomic E-state index is 0.577. The third-order valence-corrected chi connectivity index (χ3v) is 2.64. The van der Waals surface area contributed by atoms with Gasteiger partial charge in [-0.2, -0.15) is 0 Å². The molecule has 1 unspecified atom stereocenters. The highest BCUT2D eigenvalue weighted by Crippen LogP contribution is 2.31. The Morgan fingerprint density at radius 2 is 2.31 bits per heavy atom. The first-order valence-corrected chi connectivity index (χ1v) is 5.14. The minimum atomic E-state index is 0.577. The highest BCUT2D eigenvalue weighted by Gasteiger charge is 2.18. The van der Waals surface area contributed by atoms with Gasteiger partial charge < -0.3 is 0 Å². The number of aldehydes is 1. The van der Waals surface area contributed by atoms with Crippen LogP contribution in [0.5, 0.6) is 0 Å². The normalized spacial score (nSPS) is 23.1. The summed E-state index contributed by atoms with van der Waals surface area (Å²) < 4.78 is 0. The fraction of sp³-hybridized carbons (Fsp3) is 0.583. The first kappa shape index (κ1) is 10.2. The lowest BCUT2D eigenvalue weighted by Crippen LogP contribution is -1.90. The standard InChI is InChI=1S/C12H18O/c1-3-4-5-6-12-10(2)7-8-11(12)9-13/h5-6,9-10H,3-4,7-8H2,1-2H3. The molecular formula is C12H18O. The van der Waals surface area contributed by atoms with Gasteiger partial charge in [0.2, 0.25) is 0 Å². The lowest BCUT2D eigenvalue weighted by Gasteiger charge is -2.03. The predicted octanol–water partition coefficient (Wildman–Crippen LogP) is 3.27. The lowest BCUT2D eigenvalue weighted by molar-refractivity contribution is -0.105. The van der Waals surface area contributed by atoms with Crippen LogP contribution in [0.1, 0.15) is 39.5 Å². The number of allylic oxidation sites excluding steroid dienone is 4. The first-order chi connectivity index (χ1) is 6.29. The summed E-state index contributed by atoms with van der Waals surface area (Å²) in [6.45, 7) is 4.36. The monoisotopic (exact) mass is 178 g/mol. The van der Waals surface area contributed by atoms with Crippen molar-refractivity contribution in [2.24, 2.45) is 5.92 Å². The molecule has 0 amide bonds. The Balaban J connectivity index is 2.68. The van der Waals surface area contributed by atoms with Crippen molar-refractivity contribution in [1.82, 2.24) is 0 Å². The van der Waals surface area contributed by atoms with Gasteiger partial charge in [0.1, 0.15) is 6.29 Å². The quantitative estimate of drug-likeness (QED) is 0.604. The molecule has 1 aliphatic carbocycles. The molecule has 1 rings (SSSR count). The molecular weight excluding hydrogens is 160 g/mol. The van der Waals surface area contributed by atoms with Crippen LogP contribution in [0.25, 0.3) is 0 Å². The third kappa shape index (κ3) is 2.55. The van der Waals surface area contributed by atoms with Gasteiger partial charge in [-0.05, 0) is 36.3 Å². The third-order valence-electron chi connectivity index (χ3n) is 2.64. The molecule has 1 heteroatoms. The fourth-order valence-electron chi connectivity index (χ4n) is 1.76. The van der Waals surface area contributed by atoms with Crippen LogP contribution in [-0.4, -0.2) is 6.29 Å². The topological polar surface area (TPSA) is 17.1 Å². The largest absolute Gasteiger partial charge is 0.298 e. The summed E-state index contributed by atoms with van der Waals surface area (Å²) in [5.41, 5.74) is 2.28. The summed E-state index contributed by atoms with van der Waals surface area (Å²) in [6, 6.07) is 0. The molecule has 0 aromatic carbocycles. The Kier molecular flexibility index (Phi) is 3.94. The van der Waals surface area contributed by atoms with Gasteiger partial charge in [-0.15, -0.1) is 0 Å². The second kappa shape index (κ2) is 5.00. The zero-order valence-electron chi connectivity index (χ0n) is 8.55. The molecule has 0 saturated carbocycles. The number of carbonyl (C=O) groups excluding carboxylic acids is 1. The summed E-state index contributed by atoms with van der Waals surface area (Å²) in [7, 11) is 0. The van der Waals surface area contributed by atoms with Crippen molar-refractivity contribution in [3.63, 3.8) is 0 Å². The van der Waals surface area contributed by atoms with Crippen LogP contribution in [0, 0.1) is 5.92 Å². The molecule has 1 atom stereocenters. The Labute approximate surface area is 80.5 Å². The molecule has 0 saturated heterocycles. The Morgan fingerprint density at radius 1 is 1.54 bits per heavy atom. The average Bonchev–Trinajstić information content (AvgIpc) is 2.48. The van der Waals surface area contributed by atoms with Crippen molar-refractivity contribution in [3.05, 3.63) is 23.3 Å². The molecule has 0 N–H and O–H groups in total. The number of hydrogen-bond acceptors (Lipinski definition) is 1. The molecule has 0 spiro atoms. The number of rotatable bonds is 4. The molecule has 0 aromatic rings. The summed E-state index contributed by atoms with van der Waals surface area (Å²) in [5.74, 6) is 0.577. The van der Waals surface area contributed by atoms with Crippen LogP contribution >= 0.6 is 0 Å². The van der Waals surface area contributed by atoms with Crippen LogP contribution in [0.15, 0.2) is 23.3 Å². The highest BCUT2D eigenvalue weighted by molar-refractivity contribution is 5.76. The Hall–Kier alpha value is -0.850. The van der Waals surface area contributed by atoms with E-state index in [1.807, 2.05) is 0 Å². The van der Waals surface area contributed by atoms with E-state index in [4.69, 9.17) is 0 Å². The van der Waals surface area contributed by atoms with Gasteiger partial charge in [-0.1, -0.05) is 32.4 Å². The van der Waals surface area contributed by atoms with E-state index in [2.05, 4.69) is 26.0 Å². The van der Waals surface area contributed by atoms with E-state index in [9.17, 15) is 4.79 Å².